The molecule has 1 atom stereocenters. The first kappa shape index (κ1) is 13.7. The summed E-state index contributed by atoms with van der Waals surface area (Å²) in [6, 6.07) is 12.5. The summed E-state index contributed by atoms with van der Waals surface area (Å²) in [6.07, 6.45) is 9.24. The summed E-state index contributed by atoms with van der Waals surface area (Å²) in [4.78, 5) is 8.22. The maximum absolute atomic E-state index is 5.78. The van der Waals surface area contributed by atoms with Crippen molar-refractivity contribution < 1.29 is 0 Å². The predicted molar refractivity (Wildman–Crippen MR) is 84.4 cm³/mol. The fourth-order valence-corrected chi connectivity index (χ4v) is 2.64. The fourth-order valence-electron chi connectivity index (χ4n) is 2.64. The van der Waals surface area contributed by atoms with Crippen LogP contribution in [0.25, 0.3) is 10.8 Å². The highest BCUT2D eigenvalue weighted by molar-refractivity contribution is 5.85. The number of rotatable bonds is 5. The van der Waals surface area contributed by atoms with Crippen LogP contribution in [0, 0.1) is 0 Å². The number of hydrogen-bond donors (Lipinski definition) is 2. The molecule has 4 heteroatoms. The van der Waals surface area contributed by atoms with Gasteiger partial charge >= 0.3 is 0 Å². The molecule has 0 saturated heterocycles. The lowest BCUT2D eigenvalue weighted by molar-refractivity contribution is 0.519. The minimum atomic E-state index is 0.115. The fraction of sp³-hybridized carbons (Fsp3) is 0.176. The topological polar surface area (TPSA) is 63.8 Å². The second kappa shape index (κ2) is 6.43. The third-order valence-corrected chi connectivity index (χ3v) is 3.76. The molecule has 21 heavy (non-hydrogen) atoms. The van der Waals surface area contributed by atoms with Crippen molar-refractivity contribution >= 4 is 10.8 Å². The van der Waals surface area contributed by atoms with E-state index < -0.39 is 0 Å². The van der Waals surface area contributed by atoms with Crippen LogP contribution in [0.3, 0.4) is 0 Å². The van der Waals surface area contributed by atoms with E-state index in [1.807, 2.05) is 43.0 Å². The molecule has 0 fully saturated rings. The van der Waals surface area contributed by atoms with Crippen LogP contribution in [-0.2, 0) is 6.42 Å². The maximum atomic E-state index is 5.78. The number of benzene rings is 1. The van der Waals surface area contributed by atoms with E-state index in [1.54, 1.807) is 0 Å². The molecule has 0 spiro atoms. The van der Waals surface area contributed by atoms with Gasteiger partial charge in [0.25, 0.3) is 0 Å². The smallest absolute Gasteiger partial charge is 0.0469 e. The van der Waals surface area contributed by atoms with E-state index in [0.29, 0.717) is 0 Å². The van der Waals surface area contributed by atoms with Crippen LogP contribution in [0.5, 0.6) is 0 Å². The van der Waals surface area contributed by atoms with Crippen LogP contribution in [0.15, 0.2) is 61.2 Å². The van der Waals surface area contributed by atoms with Gasteiger partial charge in [-0.25, -0.2) is 0 Å². The van der Waals surface area contributed by atoms with Crippen LogP contribution in [0.2, 0.25) is 0 Å². The highest BCUT2D eigenvalue weighted by Crippen LogP contribution is 2.26. The molecule has 2 aromatic heterocycles. The first-order valence-corrected chi connectivity index (χ1v) is 7.06. The molecule has 0 saturated carbocycles. The van der Waals surface area contributed by atoms with E-state index in [4.69, 9.17) is 5.84 Å². The molecule has 2 heterocycles. The summed E-state index contributed by atoms with van der Waals surface area (Å²) >= 11 is 0. The van der Waals surface area contributed by atoms with Gasteiger partial charge in [-0.05, 0) is 47.6 Å². The number of hydrazine groups is 1. The third kappa shape index (κ3) is 3.07. The number of aromatic nitrogens is 2. The number of aryl methyl sites for hydroxylation is 1. The summed E-state index contributed by atoms with van der Waals surface area (Å²) < 4.78 is 0. The van der Waals surface area contributed by atoms with Crippen LogP contribution < -0.4 is 11.3 Å². The van der Waals surface area contributed by atoms with Gasteiger partial charge in [-0.2, -0.15) is 0 Å². The molecule has 1 unspecified atom stereocenters. The molecule has 0 bridgehead atoms. The van der Waals surface area contributed by atoms with Crippen molar-refractivity contribution in [1.82, 2.24) is 15.4 Å². The Labute approximate surface area is 124 Å². The van der Waals surface area contributed by atoms with Gasteiger partial charge in [-0.1, -0.05) is 18.2 Å². The molecule has 3 N–H and O–H groups in total. The van der Waals surface area contributed by atoms with Crippen molar-refractivity contribution in [2.75, 3.05) is 0 Å². The monoisotopic (exact) mass is 278 g/mol. The lowest BCUT2D eigenvalue weighted by atomic mass is 9.96. The molecule has 0 aliphatic rings. The zero-order valence-corrected chi connectivity index (χ0v) is 11.7. The van der Waals surface area contributed by atoms with Gasteiger partial charge in [-0.3, -0.25) is 21.2 Å². The predicted octanol–water partition coefficient (Wildman–Crippen LogP) is 2.77. The Morgan fingerprint density at radius 3 is 2.62 bits per heavy atom. The zero-order valence-electron chi connectivity index (χ0n) is 11.7. The highest BCUT2D eigenvalue weighted by atomic mass is 15.2. The van der Waals surface area contributed by atoms with Gasteiger partial charge in [0.15, 0.2) is 0 Å². The highest BCUT2D eigenvalue weighted by Gasteiger charge is 2.12. The Balaban J connectivity index is 1.85. The Morgan fingerprint density at radius 2 is 1.81 bits per heavy atom. The lowest BCUT2D eigenvalue weighted by Crippen LogP contribution is -2.28. The Bertz CT molecular complexity index is 707. The van der Waals surface area contributed by atoms with Gasteiger partial charge in [0.05, 0.1) is 0 Å². The van der Waals surface area contributed by atoms with Crippen LogP contribution in [0.1, 0.15) is 23.6 Å². The van der Waals surface area contributed by atoms with Crippen LogP contribution in [0.4, 0.5) is 0 Å². The van der Waals surface area contributed by atoms with E-state index in [9.17, 15) is 0 Å². The molecule has 1 aromatic carbocycles. The largest absolute Gasteiger partial charge is 0.271 e. The molecule has 3 rings (SSSR count). The number of pyridine rings is 2. The van der Waals surface area contributed by atoms with E-state index in [1.165, 1.54) is 16.5 Å². The average Bonchev–Trinajstić information content (AvgIpc) is 2.56. The van der Waals surface area contributed by atoms with Crippen LogP contribution in [-0.4, -0.2) is 9.97 Å². The number of nitrogens with one attached hydrogen (secondary N) is 1. The van der Waals surface area contributed by atoms with Gasteiger partial charge in [0.2, 0.25) is 0 Å². The van der Waals surface area contributed by atoms with E-state index in [-0.39, 0.29) is 6.04 Å². The normalized spacial score (nSPS) is 12.4. The van der Waals surface area contributed by atoms with Crippen molar-refractivity contribution in [3.63, 3.8) is 0 Å². The summed E-state index contributed by atoms with van der Waals surface area (Å²) in [5.74, 6) is 5.78. The standard InChI is InChI=1S/C17H18N4/c18-21-17(5-4-13-6-9-19-10-7-13)16-3-1-2-14-12-20-11-8-15(14)16/h1-3,6-12,17,21H,4-5,18H2. The molecule has 4 nitrogen and oxygen atoms in total. The average molecular weight is 278 g/mol. The minimum absolute atomic E-state index is 0.115. The summed E-state index contributed by atoms with van der Waals surface area (Å²) in [5.41, 5.74) is 5.43. The van der Waals surface area contributed by atoms with Crippen molar-refractivity contribution in [1.29, 1.82) is 0 Å². The molecule has 0 amide bonds. The summed E-state index contributed by atoms with van der Waals surface area (Å²) in [5, 5.41) is 2.34. The van der Waals surface area contributed by atoms with Gasteiger partial charge in [0, 0.05) is 36.2 Å². The maximum Gasteiger partial charge on any atom is 0.0469 e. The molecule has 3 aromatic rings. The summed E-state index contributed by atoms with van der Waals surface area (Å²) in [6.45, 7) is 0. The first-order valence-electron chi connectivity index (χ1n) is 7.06. The van der Waals surface area contributed by atoms with E-state index >= 15 is 0 Å². The van der Waals surface area contributed by atoms with E-state index in [2.05, 4.69) is 33.6 Å². The van der Waals surface area contributed by atoms with Crippen molar-refractivity contribution in [3.8, 4) is 0 Å². The Hall–Kier alpha value is -2.30. The van der Waals surface area contributed by atoms with Crippen molar-refractivity contribution in [2.45, 2.75) is 18.9 Å². The molecular formula is C17H18N4. The molecule has 0 aliphatic carbocycles. The second-order valence-electron chi connectivity index (χ2n) is 5.06. The Morgan fingerprint density at radius 1 is 1.00 bits per heavy atom. The number of nitrogens with two attached hydrogens (primary N) is 1. The SMILES string of the molecule is NNC(CCc1ccncc1)c1cccc2cnccc12. The number of fused-ring (bicyclic) bond motifs is 1. The number of hydrogen-bond acceptors (Lipinski definition) is 4. The molecule has 0 aliphatic heterocycles. The first-order chi connectivity index (χ1) is 10.4. The van der Waals surface area contributed by atoms with E-state index in [0.717, 1.165) is 18.2 Å². The van der Waals surface area contributed by atoms with Crippen molar-refractivity contribution in [3.05, 3.63) is 72.3 Å². The Kier molecular flexibility index (Phi) is 4.19. The third-order valence-electron chi connectivity index (χ3n) is 3.76. The second-order valence-corrected chi connectivity index (χ2v) is 5.06. The minimum Gasteiger partial charge on any atom is -0.271 e. The zero-order chi connectivity index (χ0) is 14.5. The quantitative estimate of drug-likeness (QED) is 0.556. The molecular weight excluding hydrogens is 260 g/mol. The lowest BCUT2D eigenvalue weighted by Gasteiger charge is -2.18. The van der Waals surface area contributed by atoms with Gasteiger partial charge < -0.3 is 0 Å². The van der Waals surface area contributed by atoms with Crippen molar-refractivity contribution in [2.24, 2.45) is 5.84 Å². The molecule has 106 valence electrons. The molecule has 0 radical (unpaired) electrons. The summed E-state index contributed by atoms with van der Waals surface area (Å²) in [7, 11) is 0. The number of nitrogens with zero attached hydrogens (tertiary/aromatic N) is 2. The van der Waals surface area contributed by atoms with Gasteiger partial charge in [-0.15, -0.1) is 0 Å². The van der Waals surface area contributed by atoms with Crippen LogP contribution >= 0.6 is 0 Å². The van der Waals surface area contributed by atoms with Gasteiger partial charge in [0.1, 0.15) is 0 Å².